The van der Waals surface area contributed by atoms with E-state index in [1.807, 2.05) is 42.5 Å². The number of ether oxygens (including phenoxy) is 2. The van der Waals surface area contributed by atoms with Gasteiger partial charge in [-0.05, 0) is 49.0 Å². The Kier molecular flexibility index (Phi) is 9.35. The Morgan fingerprint density at radius 3 is 2.44 bits per heavy atom. The molecule has 0 saturated heterocycles. The number of amides is 2. The van der Waals surface area contributed by atoms with Crippen LogP contribution in [0.5, 0.6) is 11.5 Å². The van der Waals surface area contributed by atoms with Crippen LogP contribution in [-0.2, 0) is 11.3 Å². The van der Waals surface area contributed by atoms with Crippen LogP contribution in [-0.4, -0.2) is 66.4 Å². The van der Waals surface area contributed by atoms with Gasteiger partial charge in [-0.2, -0.15) is 5.10 Å². The molecule has 34 heavy (non-hydrogen) atoms. The summed E-state index contributed by atoms with van der Waals surface area (Å²) in [4.78, 5) is 26.9. The minimum atomic E-state index is -0.0991. The van der Waals surface area contributed by atoms with E-state index in [1.165, 1.54) is 16.8 Å². The average molecular weight is 485 g/mol. The molecule has 2 aromatic rings. The van der Waals surface area contributed by atoms with E-state index in [0.717, 1.165) is 42.2 Å². The van der Waals surface area contributed by atoms with Gasteiger partial charge in [0.2, 0.25) is 5.91 Å². The van der Waals surface area contributed by atoms with Gasteiger partial charge in [0.15, 0.2) is 11.5 Å². The lowest BCUT2D eigenvalue weighted by Gasteiger charge is -2.23. The zero-order valence-corrected chi connectivity index (χ0v) is 21.0. The summed E-state index contributed by atoms with van der Waals surface area (Å²) in [5.41, 5.74) is 3.34. The molecule has 1 N–H and O–H groups in total. The highest BCUT2D eigenvalue weighted by molar-refractivity contribution is 8.14. The Morgan fingerprint density at radius 1 is 1.09 bits per heavy atom. The van der Waals surface area contributed by atoms with E-state index < -0.39 is 0 Å². The zero-order chi connectivity index (χ0) is 24.5. The number of anilines is 1. The summed E-state index contributed by atoms with van der Waals surface area (Å²) >= 11 is 1.22. The van der Waals surface area contributed by atoms with Gasteiger partial charge in [-0.1, -0.05) is 37.7 Å². The number of methoxy groups -OCH3 is 2. The molecule has 1 aliphatic rings. The molecule has 2 amide bonds. The molecule has 0 fully saturated rings. The van der Waals surface area contributed by atoms with Gasteiger partial charge in [-0.3, -0.25) is 9.59 Å². The highest BCUT2D eigenvalue weighted by atomic mass is 32.2. The fourth-order valence-corrected chi connectivity index (χ4v) is 4.31. The van der Waals surface area contributed by atoms with Gasteiger partial charge in [0.05, 0.1) is 26.5 Å². The van der Waals surface area contributed by atoms with Crippen LogP contribution in [0, 0.1) is 0 Å². The van der Waals surface area contributed by atoms with E-state index in [2.05, 4.69) is 29.2 Å². The molecular formula is C25H32N4O4S. The minimum Gasteiger partial charge on any atom is -0.493 e. The van der Waals surface area contributed by atoms with Crippen LogP contribution in [0.15, 0.2) is 47.6 Å². The van der Waals surface area contributed by atoms with E-state index in [9.17, 15) is 9.59 Å². The third-order valence-corrected chi connectivity index (χ3v) is 6.50. The molecule has 0 radical (unpaired) electrons. The van der Waals surface area contributed by atoms with Gasteiger partial charge in [-0.25, -0.2) is 5.01 Å². The maximum absolute atomic E-state index is 12.5. The molecule has 1 aliphatic heterocycles. The first kappa shape index (κ1) is 25.6. The van der Waals surface area contributed by atoms with Crippen LogP contribution in [0.3, 0.4) is 0 Å². The number of rotatable bonds is 11. The highest BCUT2D eigenvalue weighted by Gasteiger charge is 2.23. The number of carbonyl (C=O) groups is 2. The van der Waals surface area contributed by atoms with Crippen LogP contribution < -0.4 is 14.8 Å². The molecule has 3 rings (SSSR count). The molecule has 2 aromatic carbocycles. The molecule has 0 unspecified atom stereocenters. The van der Waals surface area contributed by atoms with Crippen molar-refractivity contribution >= 4 is 34.3 Å². The van der Waals surface area contributed by atoms with Crippen molar-refractivity contribution in [1.29, 1.82) is 0 Å². The Balaban J connectivity index is 1.64. The Morgan fingerprint density at radius 2 is 1.79 bits per heavy atom. The quantitative estimate of drug-likeness (QED) is 0.507. The normalized spacial score (nSPS) is 13.6. The maximum atomic E-state index is 12.5. The number of hydrazone groups is 1. The molecule has 1 heterocycles. The number of benzene rings is 2. The summed E-state index contributed by atoms with van der Waals surface area (Å²) in [5, 5.41) is 8.90. The average Bonchev–Trinajstić information content (AvgIpc) is 2.86. The predicted octanol–water partition coefficient (Wildman–Crippen LogP) is 4.45. The fourth-order valence-electron chi connectivity index (χ4n) is 3.57. The Hall–Kier alpha value is -3.04. The van der Waals surface area contributed by atoms with Crippen molar-refractivity contribution in [3.63, 3.8) is 0 Å². The topological polar surface area (TPSA) is 83.5 Å². The second-order valence-electron chi connectivity index (χ2n) is 7.75. The zero-order valence-electron chi connectivity index (χ0n) is 20.2. The van der Waals surface area contributed by atoms with Crippen molar-refractivity contribution in [3.8, 4) is 11.5 Å². The van der Waals surface area contributed by atoms with E-state index in [-0.39, 0.29) is 11.1 Å². The van der Waals surface area contributed by atoms with Crippen molar-refractivity contribution in [3.05, 3.63) is 53.6 Å². The minimum absolute atomic E-state index is 0.00794. The number of nitrogens with zero attached hydrogens (tertiary/aromatic N) is 3. The molecule has 182 valence electrons. The van der Waals surface area contributed by atoms with Gasteiger partial charge < -0.3 is 19.7 Å². The van der Waals surface area contributed by atoms with Crippen molar-refractivity contribution in [2.24, 2.45) is 5.10 Å². The lowest BCUT2D eigenvalue weighted by molar-refractivity contribution is -0.116. The molecule has 0 atom stereocenters. The SMILES string of the molecule is CCN(CC)CCC(=O)Nc1ccc(CN2N=C(c3ccc(OC)c(OC)c3)CSC2=O)cc1. The monoisotopic (exact) mass is 484 g/mol. The molecule has 9 heteroatoms. The lowest BCUT2D eigenvalue weighted by Crippen LogP contribution is -2.29. The standard InChI is InChI=1S/C25H32N4O4S/c1-5-28(6-2)14-13-24(30)26-20-10-7-18(8-11-20)16-29-25(31)34-17-21(27-29)19-9-12-22(32-3)23(15-19)33-4/h7-12,15H,5-6,13-14,16-17H2,1-4H3,(H,26,30). The number of hydrogen-bond donors (Lipinski definition) is 1. The lowest BCUT2D eigenvalue weighted by atomic mass is 10.1. The summed E-state index contributed by atoms with van der Waals surface area (Å²) in [6, 6.07) is 13.1. The molecule has 0 saturated carbocycles. The molecule has 0 aliphatic carbocycles. The highest BCUT2D eigenvalue weighted by Crippen LogP contribution is 2.30. The van der Waals surface area contributed by atoms with E-state index >= 15 is 0 Å². The van der Waals surface area contributed by atoms with Crippen LogP contribution >= 0.6 is 11.8 Å². The second-order valence-corrected chi connectivity index (χ2v) is 8.68. The summed E-state index contributed by atoms with van der Waals surface area (Å²) < 4.78 is 10.7. The van der Waals surface area contributed by atoms with Crippen LogP contribution in [0.25, 0.3) is 0 Å². The predicted molar refractivity (Wildman–Crippen MR) is 137 cm³/mol. The number of nitrogens with one attached hydrogen (secondary N) is 1. The smallest absolute Gasteiger partial charge is 0.302 e. The van der Waals surface area contributed by atoms with Crippen LogP contribution in [0.4, 0.5) is 10.5 Å². The number of hydrogen-bond acceptors (Lipinski definition) is 7. The van der Waals surface area contributed by atoms with Crippen molar-refractivity contribution in [1.82, 2.24) is 9.91 Å². The van der Waals surface area contributed by atoms with E-state index in [1.54, 1.807) is 14.2 Å². The largest absolute Gasteiger partial charge is 0.493 e. The van der Waals surface area contributed by atoms with Crippen molar-refractivity contribution in [2.45, 2.75) is 26.8 Å². The fraction of sp³-hybridized carbons (Fsp3) is 0.400. The van der Waals surface area contributed by atoms with Gasteiger partial charge >= 0.3 is 5.24 Å². The van der Waals surface area contributed by atoms with Crippen LogP contribution in [0.2, 0.25) is 0 Å². The summed E-state index contributed by atoms with van der Waals surface area (Å²) in [7, 11) is 3.18. The summed E-state index contributed by atoms with van der Waals surface area (Å²) in [6.07, 6.45) is 0.455. The second kappa shape index (κ2) is 12.4. The van der Waals surface area contributed by atoms with Gasteiger partial charge in [0.25, 0.3) is 0 Å². The first-order valence-electron chi connectivity index (χ1n) is 11.3. The van der Waals surface area contributed by atoms with E-state index in [4.69, 9.17) is 9.47 Å². The van der Waals surface area contributed by atoms with Gasteiger partial charge in [-0.15, -0.1) is 0 Å². The van der Waals surface area contributed by atoms with Crippen LogP contribution in [0.1, 0.15) is 31.4 Å². The Bertz CT molecular complexity index is 1020. The van der Waals surface area contributed by atoms with Gasteiger partial charge in [0.1, 0.15) is 0 Å². The molecule has 8 nitrogen and oxygen atoms in total. The third-order valence-electron chi connectivity index (χ3n) is 5.62. The first-order chi connectivity index (χ1) is 16.5. The molecular weight excluding hydrogens is 452 g/mol. The van der Waals surface area contributed by atoms with Gasteiger partial charge in [0, 0.05) is 30.0 Å². The van der Waals surface area contributed by atoms with E-state index in [0.29, 0.717) is 30.2 Å². The number of thioether (sulfide) groups is 1. The molecule has 0 spiro atoms. The first-order valence-corrected chi connectivity index (χ1v) is 12.3. The summed E-state index contributed by atoms with van der Waals surface area (Å²) in [6.45, 7) is 7.13. The summed E-state index contributed by atoms with van der Waals surface area (Å²) in [5.74, 6) is 1.74. The molecule has 0 bridgehead atoms. The maximum Gasteiger partial charge on any atom is 0.302 e. The van der Waals surface area contributed by atoms with Crippen molar-refractivity contribution in [2.75, 3.05) is 44.9 Å². The number of carbonyl (C=O) groups excluding carboxylic acids is 2. The molecule has 0 aromatic heterocycles. The third kappa shape index (κ3) is 6.74. The van der Waals surface area contributed by atoms with Crippen molar-refractivity contribution < 1.29 is 19.1 Å². The Labute approximate surface area is 205 Å².